The van der Waals surface area contributed by atoms with Crippen LogP contribution in [0.15, 0.2) is 73.1 Å². The standard InChI is InChI=1S/C25H28N4O2/c1-28(2)23-24(27-16-15-26-23)31-21-14-9-17-29(18-21)25(30)22(19-10-5-3-6-11-19)20-12-7-4-8-13-20/h3-8,10-13,15-16,21-22H,9,14,17-18H2,1-2H3. The SMILES string of the molecule is CN(C)c1nccnc1OC1CCCN(C(=O)C(c2ccccc2)c2ccccc2)C1. The summed E-state index contributed by atoms with van der Waals surface area (Å²) in [4.78, 5) is 26.3. The zero-order valence-corrected chi connectivity index (χ0v) is 18.0. The van der Waals surface area contributed by atoms with Crippen molar-refractivity contribution in [2.45, 2.75) is 24.9 Å². The fourth-order valence-electron chi connectivity index (χ4n) is 4.05. The summed E-state index contributed by atoms with van der Waals surface area (Å²) in [7, 11) is 3.83. The van der Waals surface area contributed by atoms with Crippen molar-refractivity contribution in [2.75, 3.05) is 32.1 Å². The predicted molar refractivity (Wildman–Crippen MR) is 121 cm³/mol. The molecule has 0 saturated carbocycles. The molecule has 1 amide bonds. The Kier molecular flexibility index (Phi) is 6.46. The molecule has 1 aliphatic rings. The van der Waals surface area contributed by atoms with Crippen LogP contribution in [0, 0.1) is 0 Å². The third kappa shape index (κ3) is 4.85. The van der Waals surface area contributed by atoms with E-state index in [4.69, 9.17) is 4.74 Å². The first-order valence-electron chi connectivity index (χ1n) is 10.7. The number of ether oxygens (including phenoxy) is 1. The van der Waals surface area contributed by atoms with E-state index in [0.29, 0.717) is 18.2 Å². The second-order valence-corrected chi connectivity index (χ2v) is 8.00. The highest BCUT2D eigenvalue weighted by molar-refractivity contribution is 5.87. The maximum Gasteiger partial charge on any atom is 0.257 e. The third-order valence-corrected chi connectivity index (χ3v) is 5.55. The third-order valence-electron chi connectivity index (χ3n) is 5.55. The van der Waals surface area contributed by atoms with Gasteiger partial charge in [-0.15, -0.1) is 0 Å². The van der Waals surface area contributed by atoms with Gasteiger partial charge in [-0.05, 0) is 24.0 Å². The molecule has 2 heterocycles. The number of likely N-dealkylation sites (tertiary alicyclic amines) is 1. The monoisotopic (exact) mass is 416 g/mol. The lowest BCUT2D eigenvalue weighted by Crippen LogP contribution is -2.46. The van der Waals surface area contributed by atoms with E-state index in [0.717, 1.165) is 30.5 Å². The summed E-state index contributed by atoms with van der Waals surface area (Å²) >= 11 is 0. The highest BCUT2D eigenvalue weighted by Crippen LogP contribution is 2.29. The molecule has 1 unspecified atom stereocenters. The van der Waals surface area contributed by atoms with Crippen molar-refractivity contribution in [3.63, 3.8) is 0 Å². The number of piperidine rings is 1. The van der Waals surface area contributed by atoms with Gasteiger partial charge < -0.3 is 14.5 Å². The van der Waals surface area contributed by atoms with E-state index < -0.39 is 0 Å². The minimum atomic E-state index is -0.324. The number of benzene rings is 2. The number of aromatic nitrogens is 2. The Bertz CT molecular complexity index is 955. The molecule has 1 fully saturated rings. The van der Waals surface area contributed by atoms with Crippen LogP contribution in [0.4, 0.5) is 5.82 Å². The maximum atomic E-state index is 13.7. The number of anilines is 1. The molecule has 1 atom stereocenters. The van der Waals surface area contributed by atoms with Crippen molar-refractivity contribution >= 4 is 11.7 Å². The summed E-state index contributed by atoms with van der Waals surface area (Å²) in [5, 5.41) is 0. The molecule has 6 nitrogen and oxygen atoms in total. The smallest absolute Gasteiger partial charge is 0.257 e. The topological polar surface area (TPSA) is 58.6 Å². The van der Waals surface area contributed by atoms with Gasteiger partial charge in [0, 0.05) is 33.0 Å². The Labute approximate surface area is 183 Å². The fourth-order valence-corrected chi connectivity index (χ4v) is 4.05. The van der Waals surface area contributed by atoms with Crippen LogP contribution in [-0.2, 0) is 4.79 Å². The van der Waals surface area contributed by atoms with Gasteiger partial charge in [0.1, 0.15) is 6.10 Å². The lowest BCUT2D eigenvalue weighted by atomic mass is 9.89. The van der Waals surface area contributed by atoms with Gasteiger partial charge in [-0.25, -0.2) is 9.97 Å². The molecule has 31 heavy (non-hydrogen) atoms. The second-order valence-electron chi connectivity index (χ2n) is 8.00. The van der Waals surface area contributed by atoms with E-state index in [1.54, 1.807) is 12.4 Å². The van der Waals surface area contributed by atoms with Crippen LogP contribution in [0.2, 0.25) is 0 Å². The van der Waals surface area contributed by atoms with Crippen LogP contribution in [0.5, 0.6) is 5.88 Å². The normalized spacial score (nSPS) is 16.2. The first kappa shape index (κ1) is 20.8. The average molecular weight is 417 g/mol. The van der Waals surface area contributed by atoms with Crippen molar-refractivity contribution in [1.29, 1.82) is 0 Å². The van der Waals surface area contributed by atoms with Gasteiger partial charge in [0.15, 0.2) is 5.82 Å². The summed E-state index contributed by atoms with van der Waals surface area (Å²) in [6.07, 6.45) is 4.96. The molecule has 6 heteroatoms. The molecule has 2 aromatic carbocycles. The van der Waals surface area contributed by atoms with E-state index >= 15 is 0 Å². The lowest BCUT2D eigenvalue weighted by molar-refractivity contribution is -0.134. The van der Waals surface area contributed by atoms with Crippen molar-refractivity contribution in [3.8, 4) is 5.88 Å². The molecular weight excluding hydrogens is 388 g/mol. The van der Waals surface area contributed by atoms with Gasteiger partial charge in [-0.2, -0.15) is 0 Å². The summed E-state index contributed by atoms with van der Waals surface area (Å²) in [5.41, 5.74) is 2.01. The molecule has 160 valence electrons. The van der Waals surface area contributed by atoms with E-state index in [9.17, 15) is 4.79 Å². The molecule has 0 spiro atoms. The van der Waals surface area contributed by atoms with Gasteiger partial charge in [-0.3, -0.25) is 4.79 Å². The average Bonchev–Trinajstić information content (AvgIpc) is 2.81. The van der Waals surface area contributed by atoms with E-state index in [2.05, 4.69) is 9.97 Å². The molecule has 0 bridgehead atoms. The molecule has 3 aromatic rings. The molecule has 1 aliphatic heterocycles. The van der Waals surface area contributed by atoms with Crippen LogP contribution in [0.1, 0.15) is 29.9 Å². The second kappa shape index (κ2) is 9.60. The Morgan fingerprint density at radius 1 is 1.00 bits per heavy atom. The van der Waals surface area contributed by atoms with E-state index in [1.807, 2.05) is 84.6 Å². The summed E-state index contributed by atoms with van der Waals surface area (Å²) in [6, 6.07) is 20.0. The predicted octanol–water partition coefficient (Wildman–Crippen LogP) is 3.74. The summed E-state index contributed by atoms with van der Waals surface area (Å²) in [6.45, 7) is 1.27. The van der Waals surface area contributed by atoms with Crippen LogP contribution < -0.4 is 9.64 Å². The first-order valence-corrected chi connectivity index (χ1v) is 10.7. The largest absolute Gasteiger partial charge is 0.470 e. The molecule has 4 rings (SSSR count). The Morgan fingerprint density at radius 3 is 2.23 bits per heavy atom. The van der Waals surface area contributed by atoms with Gasteiger partial charge in [0.05, 0.1) is 12.5 Å². The molecule has 0 aliphatic carbocycles. The number of hydrogen-bond acceptors (Lipinski definition) is 5. The van der Waals surface area contributed by atoms with Gasteiger partial charge in [-0.1, -0.05) is 60.7 Å². The highest BCUT2D eigenvalue weighted by atomic mass is 16.5. The summed E-state index contributed by atoms with van der Waals surface area (Å²) in [5.74, 6) is 0.986. The minimum absolute atomic E-state index is 0.109. The van der Waals surface area contributed by atoms with Crippen LogP contribution in [-0.4, -0.2) is 54.1 Å². The molecule has 0 radical (unpaired) electrons. The lowest BCUT2D eigenvalue weighted by Gasteiger charge is -2.35. The van der Waals surface area contributed by atoms with Gasteiger partial charge in [0.2, 0.25) is 5.91 Å². The Morgan fingerprint density at radius 2 is 1.61 bits per heavy atom. The highest BCUT2D eigenvalue weighted by Gasteiger charge is 2.32. The quantitative estimate of drug-likeness (QED) is 0.613. The van der Waals surface area contributed by atoms with Crippen molar-refractivity contribution in [1.82, 2.24) is 14.9 Å². The van der Waals surface area contributed by atoms with E-state index in [-0.39, 0.29) is 17.9 Å². The summed E-state index contributed by atoms with van der Waals surface area (Å²) < 4.78 is 6.21. The Hall–Kier alpha value is -3.41. The fraction of sp³-hybridized carbons (Fsp3) is 0.320. The van der Waals surface area contributed by atoms with Crippen LogP contribution in [0.3, 0.4) is 0 Å². The van der Waals surface area contributed by atoms with Crippen LogP contribution in [0.25, 0.3) is 0 Å². The number of amides is 1. The molecule has 0 N–H and O–H groups in total. The number of hydrogen-bond donors (Lipinski definition) is 0. The number of nitrogens with zero attached hydrogens (tertiary/aromatic N) is 4. The van der Waals surface area contributed by atoms with Gasteiger partial charge >= 0.3 is 0 Å². The molecular formula is C25H28N4O2. The van der Waals surface area contributed by atoms with Crippen molar-refractivity contribution in [2.24, 2.45) is 0 Å². The van der Waals surface area contributed by atoms with Crippen LogP contribution >= 0.6 is 0 Å². The molecule has 1 saturated heterocycles. The zero-order chi connectivity index (χ0) is 21.6. The van der Waals surface area contributed by atoms with E-state index in [1.165, 1.54) is 0 Å². The first-order chi connectivity index (χ1) is 15.1. The zero-order valence-electron chi connectivity index (χ0n) is 18.0. The number of carbonyl (C=O) groups excluding carboxylic acids is 1. The maximum absolute atomic E-state index is 13.7. The van der Waals surface area contributed by atoms with Crippen molar-refractivity contribution < 1.29 is 9.53 Å². The number of rotatable bonds is 6. The Balaban J connectivity index is 1.55. The van der Waals surface area contributed by atoms with Gasteiger partial charge in [0.25, 0.3) is 5.88 Å². The number of carbonyl (C=O) groups is 1. The molecule has 1 aromatic heterocycles. The van der Waals surface area contributed by atoms with Crippen molar-refractivity contribution in [3.05, 3.63) is 84.2 Å². The minimum Gasteiger partial charge on any atom is -0.470 e.